The molecule has 2 aliphatic carbocycles. The summed E-state index contributed by atoms with van der Waals surface area (Å²) in [5, 5.41) is 4.54. The van der Waals surface area contributed by atoms with Crippen LogP contribution in [0.1, 0.15) is 54.4 Å². The fourth-order valence-corrected chi connectivity index (χ4v) is 3.75. The molecule has 0 N–H and O–H groups in total. The largest absolute Gasteiger partial charge is 0.337 e. The lowest BCUT2D eigenvalue weighted by Gasteiger charge is -2.21. The van der Waals surface area contributed by atoms with E-state index in [1.54, 1.807) is 4.68 Å². The molecule has 0 aliphatic heterocycles. The van der Waals surface area contributed by atoms with E-state index in [4.69, 9.17) is 0 Å². The van der Waals surface area contributed by atoms with Crippen LogP contribution in [0.2, 0.25) is 0 Å². The Morgan fingerprint density at radius 3 is 2.77 bits per heavy atom. The number of nitrogens with zero attached hydrogens (tertiary/aromatic N) is 3. The average Bonchev–Trinajstić information content (AvgIpc) is 3.18. The quantitative estimate of drug-likeness (QED) is 0.784. The highest BCUT2D eigenvalue weighted by Gasteiger charge is 2.32. The number of carbonyl (C=O) groups is 1. The molecule has 0 saturated heterocycles. The molecule has 0 radical (unpaired) electrons. The molecule has 6 heteroatoms. The number of hydrogen-bond acceptors (Lipinski definition) is 2. The topological polar surface area (TPSA) is 38.1 Å². The number of benzene rings is 1. The van der Waals surface area contributed by atoms with Crippen LogP contribution in [0.3, 0.4) is 0 Å². The molecule has 1 heterocycles. The van der Waals surface area contributed by atoms with Crippen molar-refractivity contribution in [2.24, 2.45) is 5.92 Å². The highest BCUT2D eigenvalue weighted by atomic mass is 19.2. The third-order valence-electron chi connectivity index (χ3n) is 5.24. The van der Waals surface area contributed by atoms with Gasteiger partial charge in [-0.25, -0.2) is 13.5 Å². The first-order valence-corrected chi connectivity index (χ1v) is 9.44. The van der Waals surface area contributed by atoms with Crippen molar-refractivity contribution in [1.82, 2.24) is 14.7 Å². The van der Waals surface area contributed by atoms with Crippen molar-refractivity contribution in [3.8, 4) is 5.69 Å². The number of amides is 1. The molecule has 1 aromatic heterocycles. The summed E-state index contributed by atoms with van der Waals surface area (Å²) in [7, 11) is 0. The molecule has 0 spiro atoms. The molecule has 0 bridgehead atoms. The van der Waals surface area contributed by atoms with Crippen LogP contribution in [-0.2, 0) is 12.8 Å². The molecule has 4 nitrogen and oxygen atoms in total. The van der Waals surface area contributed by atoms with Crippen LogP contribution in [0, 0.1) is 17.6 Å². The maximum atomic E-state index is 13.7. The maximum absolute atomic E-state index is 13.7. The Hall–Kier alpha value is -2.24. The molecular formula is C20H23F2N3O. The molecule has 1 saturated carbocycles. The number of carbonyl (C=O) groups excluding carboxylic acids is 1. The van der Waals surface area contributed by atoms with Gasteiger partial charge in [0.1, 0.15) is 0 Å². The van der Waals surface area contributed by atoms with Crippen LogP contribution in [0.4, 0.5) is 8.78 Å². The second kappa shape index (κ2) is 6.82. The fourth-order valence-electron chi connectivity index (χ4n) is 3.75. The molecule has 2 aromatic rings. The Balaban J connectivity index is 1.70. The van der Waals surface area contributed by atoms with Crippen molar-refractivity contribution in [2.45, 2.75) is 45.4 Å². The third kappa shape index (κ3) is 3.13. The van der Waals surface area contributed by atoms with Gasteiger partial charge in [-0.15, -0.1) is 0 Å². The first kappa shape index (κ1) is 17.2. The summed E-state index contributed by atoms with van der Waals surface area (Å²) >= 11 is 0. The predicted molar refractivity (Wildman–Crippen MR) is 94.4 cm³/mol. The van der Waals surface area contributed by atoms with Crippen LogP contribution in [0.5, 0.6) is 0 Å². The van der Waals surface area contributed by atoms with Crippen molar-refractivity contribution in [3.63, 3.8) is 0 Å². The molecular weight excluding hydrogens is 336 g/mol. The van der Waals surface area contributed by atoms with Gasteiger partial charge in [0.15, 0.2) is 17.3 Å². The summed E-state index contributed by atoms with van der Waals surface area (Å²) in [5.41, 5.74) is 2.86. The number of fused-ring (bicyclic) bond motifs is 1. The third-order valence-corrected chi connectivity index (χ3v) is 5.24. The summed E-state index contributed by atoms with van der Waals surface area (Å²) < 4.78 is 28.6. The Morgan fingerprint density at radius 1 is 1.27 bits per heavy atom. The molecule has 0 atom stereocenters. The summed E-state index contributed by atoms with van der Waals surface area (Å²) in [6.45, 7) is 3.58. The van der Waals surface area contributed by atoms with E-state index in [0.29, 0.717) is 17.3 Å². The monoisotopic (exact) mass is 359 g/mol. The van der Waals surface area contributed by atoms with Crippen LogP contribution in [-0.4, -0.2) is 33.7 Å². The molecule has 1 fully saturated rings. The van der Waals surface area contributed by atoms with Crippen LogP contribution < -0.4 is 0 Å². The van der Waals surface area contributed by atoms with Crippen molar-refractivity contribution in [1.29, 1.82) is 0 Å². The van der Waals surface area contributed by atoms with Gasteiger partial charge in [-0.05, 0) is 56.6 Å². The summed E-state index contributed by atoms with van der Waals surface area (Å²) in [4.78, 5) is 15.1. The number of aromatic nitrogens is 2. The second-order valence-corrected chi connectivity index (χ2v) is 7.33. The number of halogens is 2. The zero-order chi connectivity index (χ0) is 18.3. The molecule has 4 rings (SSSR count). The van der Waals surface area contributed by atoms with E-state index in [1.165, 1.54) is 18.9 Å². The van der Waals surface area contributed by atoms with Crippen LogP contribution >= 0.6 is 0 Å². The molecule has 1 amide bonds. The van der Waals surface area contributed by atoms with Crippen molar-refractivity contribution >= 4 is 5.91 Å². The highest BCUT2D eigenvalue weighted by molar-refractivity contribution is 5.94. The van der Waals surface area contributed by atoms with E-state index in [1.807, 2.05) is 4.90 Å². The van der Waals surface area contributed by atoms with Gasteiger partial charge >= 0.3 is 0 Å². The lowest BCUT2D eigenvalue weighted by Crippen LogP contribution is -2.34. The van der Waals surface area contributed by atoms with Gasteiger partial charge in [-0.1, -0.05) is 6.92 Å². The highest BCUT2D eigenvalue weighted by Crippen LogP contribution is 2.32. The Bertz CT molecular complexity index is 842. The minimum atomic E-state index is -0.904. The first-order valence-electron chi connectivity index (χ1n) is 9.44. The molecule has 0 unspecified atom stereocenters. The summed E-state index contributed by atoms with van der Waals surface area (Å²) in [6, 6.07) is 3.75. The lowest BCUT2D eigenvalue weighted by atomic mass is 10.1. The van der Waals surface area contributed by atoms with Gasteiger partial charge in [-0.3, -0.25) is 4.79 Å². The zero-order valence-corrected chi connectivity index (χ0v) is 15.0. The minimum absolute atomic E-state index is 0.0294. The summed E-state index contributed by atoms with van der Waals surface area (Å²) in [5.74, 6) is -1.20. The van der Waals surface area contributed by atoms with Crippen molar-refractivity contribution in [3.05, 3.63) is 46.8 Å². The van der Waals surface area contributed by atoms with E-state index >= 15 is 0 Å². The van der Waals surface area contributed by atoms with E-state index in [9.17, 15) is 13.6 Å². The Kier molecular flexibility index (Phi) is 4.51. The molecule has 138 valence electrons. The molecule has 2 aliphatic rings. The minimum Gasteiger partial charge on any atom is -0.337 e. The smallest absolute Gasteiger partial charge is 0.274 e. The predicted octanol–water partition coefficient (Wildman–Crippen LogP) is 3.90. The average molecular weight is 359 g/mol. The fraction of sp³-hybridized carbons (Fsp3) is 0.500. The summed E-state index contributed by atoms with van der Waals surface area (Å²) in [6.07, 6.45) is 5.84. The van der Waals surface area contributed by atoms with Crippen LogP contribution in [0.15, 0.2) is 18.2 Å². The van der Waals surface area contributed by atoms with E-state index in [-0.39, 0.29) is 5.91 Å². The van der Waals surface area contributed by atoms with Gasteiger partial charge in [0.25, 0.3) is 5.91 Å². The van der Waals surface area contributed by atoms with Crippen LogP contribution in [0.25, 0.3) is 5.69 Å². The van der Waals surface area contributed by atoms with Gasteiger partial charge in [0.05, 0.1) is 5.69 Å². The van der Waals surface area contributed by atoms with Gasteiger partial charge < -0.3 is 4.90 Å². The van der Waals surface area contributed by atoms with Crippen molar-refractivity contribution < 1.29 is 13.6 Å². The SMILES string of the molecule is CCCN(CC1CC1)C(=O)c1nn(-c2ccc(F)c(F)c2)c2c1CCC2. The van der Waals surface area contributed by atoms with Gasteiger partial charge in [-0.2, -0.15) is 5.10 Å². The second-order valence-electron chi connectivity index (χ2n) is 7.33. The van der Waals surface area contributed by atoms with Crippen molar-refractivity contribution in [2.75, 3.05) is 13.1 Å². The standard InChI is InChI=1S/C20H23F2N3O/c1-2-10-24(12-13-6-7-13)20(26)19-15-4-3-5-18(15)25(23-19)14-8-9-16(21)17(22)11-14/h8-9,11,13H,2-7,10,12H2,1H3. The number of rotatable bonds is 6. The van der Waals surface area contributed by atoms with E-state index in [0.717, 1.165) is 62.2 Å². The van der Waals surface area contributed by atoms with E-state index in [2.05, 4.69) is 12.0 Å². The van der Waals surface area contributed by atoms with E-state index < -0.39 is 11.6 Å². The normalized spacial score (nSPS) is 16.0. The molecule has 26 heavy (non-hydrogen) atoms. The lowest BCUT2D eigenvalue weighted by molar-refractivity contribution is 0.0740. The Labute approximate surface area is 151 Å². The van der Waals surface area contributed by atoms with Gasteiger partial charge in [0.2, 0.25) is 0 Å². The Morgan fingerprint density at radius 2 is 2.08 bits per heavy atom. The first-order chi connectivity index (χ1) is 12.6. The molecule has 1 aromatic carbocycles. The maximum Gasteiger partial charge on any atom is 0.274 e. The van der Waals surface area contributed by atoms with Gasteiger partial charge in [0, 0.05) is 30.4 Å². The zero-order valence-electron chi connectivity index (χ0n) is 15.0. The number of hydrogen-bond donors (Lipinski definition) is 0.